The van der Waals surface area contributed by atoms with E-state index in [1.54, 1.807) is 19.9 Å². The van der Waals surface area contributed by atoms with Crippen LogP contribution >= 0.6 is 0 Å². The molecular weight excluding hydrogens is 367 g/mol. The zero-order chi connectivity index (χ0) is 19.7. The lowest BCUT2D eigenvalue weighted by molar-refractivity contribution is -0.137. The average Bonchev–Trinajstić information content (AvgIpc) is 2.56. The van der Waals surface area contributed by atoms with Crippen molar-refractivity contribution in [3.05, 3.63) is 63.6 Å². The number of aryl methyl sites for hydroxylation is 2. The molecule has 2 rings (SSSR count). The van der Waals surface area contributed by atoms with Crippen molar-refractivity contribution in [2.45, 2.75) is 24.9 Å². The summed E-state index contributed by atoms with van der Waals surface area (Å²) in [4.78, 5) is -1.02. The first-order valence-corrected chi connectivity index (χ1v) is 8.79. The van der Waals surface area contributed by atoms with E-state index in [0.29, 0.717) is 28.8 Å². The van der Waals surface area contributed by atoms with Crippen molar-refractivity contribution in [3.8, 4) is 11.8 Å². The van der Waals surface area contributed by atoms with Crippen LogP contribution < -0.4 is 0 Å². The van der Waals surface area contributed by atoms with Gasteiger partial charge in [0.15, 0.2) is 0 Å². The molecule has 0 heterocycles. The maximum absolute atomic E-state index is 12.6. The number of phenols is 1. The first-order valence-electron chi connectivity index (χ1n) is 7.31. The number of benzene rings is 2. The van der Waals surface area contributed by atoms with Gasteiger partial charge in [-0.05, 0) is 73.0 Å². The topological polar surface area (TPSA) is 78.2 Å². The van der Waals surface area contributed by atoms with Crippen molar-refractivity contribution < 1.29 is 26.7 Å². The van der Waals surface area contributed by atoms with E-state index >= 15 is 0 Å². The number of nitriles is 1. The van der Waals surface area contributed by atoms with Gasteiger partial charge in [0.25, 0.3) is 0 Å². The number of allylic oxidation sites excluding steroid dienone is 1. The Bertz CT molecular complexity index is 992. The molecule has 136 valence electrons. The van der Waals surface area contributed by atoms with E-state index in [1.807, 2.05) is 0 Å². The normalized spacial score (nSPS) is 12.7. The van der Waals surface area contributed by atoms with E-state index in [4.69, 9.17) is 0 Å². The van der Waals surface area contributed by atoms with Gasteiger partial charge in [0.1, 0.15) is 16.7 Å². The Morgan fingerprint density at radius 2 is 1.62 bits per heavy atom. The van der Waals surface area contributed by atoms with Crippen molar-refractivity contribution in [3.63, 3.8) is 0 Å². The van der Waals surface area contributed by atoms with Gasteiger partial charge in [-0.1, -0.05) is 0 Å². The van der Waals surface area contributed by atoms with Gasteiger partial charge in [0.05, 0.1) is 10.5 Å². The number of phenolic OH excluding ortho intramolecular Hbond substituents is 1. The predicted octanol–water partition coefficient (Wildman–Crippen LogP) is 4.37. The fourth-order valence-electron chi connectivity index (χ4n) is 2.34. The number of rotatable bonds is 3. The first-order chi connectivity index (χ1) is 12.0. The Hall–Kier alpha value is -2.79. The van der Waals surface area contributed by atoms with Crippen LogP contribution in [0.5, 0.6) is 5.75 Å². The molecule has 0 saturated heterocycles. The van der Waals surface area contributed by atoms with E-state index in [9.17, 15) is 32.0 Å². The number of alkyl halides is 3. The number of aromatic hydroxyl groups is 1. The molecule has 0 atom stereocenters. The third kappa shape index (κ3) is 3.89. The van der Waals surface area contributed by atoms with Gasteiger partial charge < -0.3 is 5.11 Å². The molecule has 26 heavy (non-hydrogen) atoms. The van der Waals surface area contributed by atoms with Crippen molar-refractivity contribution in [2.24, 2.45) is 0 Å². The number of hydrogen-bond donors (Lipinski definition) is 1. The molecular formula is C18H14F3NO3S. The Morgan fingerprint density at radius 1 is 1.12 bits per heavy atom. The fraction of sp³-hybridized carbons (Fsp3) is 0.167. The molecule has 0 radical (unpaired) electrons. The summed E-state index contributed by atoms with van der Waals surface area (Å²) in [7, 11) is -4.28. The molecule has 0 fully saturated rings. The largest absolute Gasteiger partial charge is 0.507 e. The minimum absolute atomic E-state index is 0.0613. The summed E-state index contributed by atoms with van der Waals surface area (Å²) < 4.78 is 62.9. The van der Waals surface area contributed by atoms with Crippen molar-refractivity contribution in [2.75, 3.05) is 0 Å². The lowest BCUT2D eigenvalue weighted by Gasteiger charge is -2.09. The van der Waals surface area contributed by atoms with Crippen LogP contribution in [0.15, 0.2) is 46.2 Å². The molecule has 0 unspecified atom stereocenters. The highest BCUT2D eigenvalue weighted by Gasteiger charge is 2.31. The van der Waals surface area contributed by atoms with Gasteiger partial charge in [0, 0.05) is 0 Å². The summed E-state index contributed by atoms with van der Waals surface area (Å²) in [5, 5.41) is 19.0. The van der Waals surface area contributed by atoms with Gasteiger partial charge in [-0.3, -0.25) is 0 Å². The molecule has 0 spiro atoms. The number of nitrogens with zero attached hydrogens (tertiary/aromatic N) is 1. The summed E-state index contributed by atoms with van der Waals surface area (Å²) in [5.74, 6) is 0.0613. The molecule has 0 aliphatic carbocycles. The molecule has 4 nitrogen and oxygen atoms in total. The maximum Gasteiger partial charge on any atom is 0.416 e. The third-order valence-corrected chi connectivity index (χ3v) is 5.38. The Balaban J connectivity index is 2.51. The number of halogens is 3. The van der Waals surface area contributed by atoms with Crippen molar-refractivity contribution >= 4 is 15.9 Å². The zero-order valence-electron chi connectivity index (χ0n) is 13.8. The quantitative estimate of drug-likeness (QED) is 0.801. The molecule has 0 saturated carbocycles. The summed E-state index contributed by atoms with van der Waals surface area (Å²) in [6, 6.07) is 7.51. The second kappa shape index (κ2) is 6.84. The molecule has 0 aliphatic rings. The minimum atomic E-state index is -4.59. The molecule has 2 aromatic rings. The van der Waals surface area contributed by atoms with Crippen LogP contribution in [0.3, 0.4) is 0 Å². The molecule has 0 aromatic heterocycles. The van der Waals surface area contributed by atoms with Crippen LogP contribution in [0.2, 0.25) is 0 Å². The van der Waals surface area contributed by atoms with Crippen LogP contribution in [0.25, 0.3) is 6.08 Å². The van der Waals surface area contributed by atoms with Crippen molar-refractivity contribution in [1.29, 1.82) is 5.26 Å². The Labute approximate surface area is 148 Å². The van der Waals surface area contributed by atoms with Crippen LogP contribution in [0.4, 0.5) is 13.2 Å². The zero-order valence-corrected chi connectivity index (χ0v) is 14.6. The first kappa shape index (κ1) is 19.5. The van der Waals surface area contributed by atoms with Gasteiger partial charge >= 0.3 is 6.18 Å². The summed E-state index contributed by atoms with van der Waals surface area (Å²) in [5.41, 5.74) is 0.398. The minimum Gasteiger partial charge on any atom is -0.507 e. The van der Waals surface area contributed by atoms with Crippen LogP contribution in [-0.2, 0) is 16.0 Å². The van der Waals surface area contributed by atoms with Gasteiger partial charge in [-0.25, -0.2) is 8.42 Å². The predicted molar refractivity (Wildman–Crippen MR) is 89.8 cm³/mol. The highest BCUT2D eigenvalue weighted by atomic mass is 32.2. The highest BCUT2D eigenvalue weighted by molar-refractivity contribution is 7.95. The number of sulfone groups is 1. The van der Waals surface area contributed by atoms with E-state index in [2.05, 4.69) is 0 Å². The molecule has 0 amide bonds. The fourth-order valence-corrected chi connectivity index (χ4v) is 3.50. The van der Waals surface area contributed by atoms with Gasteiger partial charge in [-0.15, -0.1) is 0 Å². The van der Waals surface area contributed by atoms with Crippen LogP contribution in [-0.4, -0.2) is 13.5 Å². The molecule has 2 aromatic carbocycles. The van der Waals surface area contributed by atoms with E-state index in [0.717, 1.165) is 18.2 Å². The standard InChI is InChI=1S/C18H14F3NO3S/c1-11-7-13(8-12(2)17(11)23)9-16(10-22)26(24,25)15-5-3-14(4-6-15)18(19,20)21/h3-9,23H,1-2H3. The Morgan fingerprint density at radius 3 is 2.04 bits per heavy atom. The molecule has 0 bridgehead atoms. The van der Waals surface area contributed by atoms with Gasteiger partial charge in [0.2, 0.25) is 9.84 Å². The lowest BCUT2D eigenvalue weighted by atomic mass is 10.1. The summed E-state index contributed by atoms with van der Waals surface area (Å²) >= 11 is 0. The highest BCUT2D eigenvalue weighted by Crippen LogP contribution is 2.31. The Kier molecular flexibility index (Phi) is 5.14. The summed E-state index contributed by atoms with van der Waals surface area (Å²) in [6.07, 6.45) is -3.47. The molecule has 0 aliphatic heterocycles. The van der Waals surface area contributed by atoms with Crippen molar-refractivity contribution in [1.82, 2.24) is 0 Å². The molecule has 8 heteroatoms. The SMILES string of the molecule is Cc1cc(C=C(C#N)S(=O)(=O)c2ccc(C(F)(F)F)cc2)cc(C)c1O. The third-order valence-electron chi connectivity index (χ3n) is 3.70. The van der Waals surface area contributed by atoms with Crippen LogP contribution in [0, 0.1) is 25.2 Å². The number of hydrogen-bond acceptors (Lipinski definition) is 4. The summed E-state index contributed by atoms with van der Waals surface area (Å²) in [6.45, 7) is 3.24. The van der Waals surface area contributed by atoms with E-state index < -0.39 is 31.4 Å². The van der Waals surface area contributed by atoms with E-state index in [-0.39, 0.29) is 5.75 Å². The van der Waals surface area contributed by atoms with Gasteiger partial charge in [-0.2, -0.15) is 18.4 Å². The maximum atomic E-state index is 12.6. The molecule has 1 N–H and O–H groups in total. The van der Waals surface area contributed by atoms with E-state index in [1.165, 1.54) is 12.1 Å². The second-order valence-corrected chi connectivity index (χ2v) is 7.57. The average molecular weight is 381 g/mol. The smallest absolute Gasteiger partial charge is 0.416 e. The monoisotopic (exact) mass is 381 g/mol. The lowest BCUT2D eigenvalue weighted by Crippen LogP contribution is -2.07. The second-order valence-electron chi connectivity index (χ2n) is 5.65. The van der Waals surface area contributed by atoms with Crippen LogP contribution in [0.1, 0.15) is 22.3 Å².